The van der Waals surface area contributed by atoms with Crippen molar-refractivity contribution in [1.82, 2.24) is 15.2 Å². The summed E-state index contributed by atoms with van der Waals surface area (Å²) < 4.78 is 0. The highest BCUT2D eigenvalue weighted by Gasteiger charge is 2.27. The third kappa shape index (κ3) is 3.77. The molecule has 2 rings (SSSR count). The van der Waals surface area contributed by atoms with Crippen molar-refractivity contribution in [1.29, 1.82) is 0 Å². The summed E-state index contributed by atoms with van der Waals surface area (Å²) in [7, 11) is 0. The van der Waals surface area contributed by atoms with E-state index in [9.17, 15) is 4.79 Å². The van der Waals surface area contributed by atoms with E-state index in [0.717, 1.165) is 26.1 Å². The average molecular weight is 261 g/mol. The molecule has 0 radical (unpaired) electrons. The van der Waals surface area contributed by atoms with E-state index >= 15 is 0 Å². The van der Waals surface area contributed by atoms with Crippen molar-refractivity contribution in [2.75, 3.05) is 13.1 Å². The highest BCUT2D eigenvalue weighted by Crippen LogP contribution is 2.18. The fourth-order valence-electron chi connectivity index (χ4n) is 2.65. The molecule has 0 bridgehead atoms. The number of likely N-dealkylation sites (tertiary alicyclic amines) is 1. The van der Waals surface area contributed by atoms with Crippen molar-refractivity contribution < 1.29 is 4.79 Å². The molecule has 1 fully saturated rings. The molecule has 19 heavy (non-hydrogen) atoms. The third-order valence-electron chi connectivity index (χ3n) is 3.85. The van der Waals surface area contributed by atoms with E-state index in [1.165, 1.54) is 5.56 Å². The van der Waals surface area contributed by atoms with Crippen LogP contribution in [0.2, 0.25) is 0 Å². The van der Waals surface area contributed by atoms with Crippen molar-refractivity contribution in [3.8, 4) is 0 Å². The molecule has 0 unspecified atom stereocenters. The fraction of sp³-hybridized carbons (Fsp3) is 0.600. The first-order valence-electron chi connectivity index (χ1n) is 7.10. The molecular formula is C15H23N3O. The van der Waals surface area contributed by atoms with Gasteiger partial charge < -0.3 is 10.2 Å². The lowest BCUT2D eigenvalue weighted by molar-refractivity contribution is -0.132. The Balaban J connectivity index is 1.82. The molecule has 4 nitrogen and oxygen atoms in total. The van der Waals surface area contributed by atoms with Gasteiger partial charge in [-0.05, 0) is 24.0 Å². The van der Waals surface area contributed by atoms with Gasteiger partial charge in [-0.25, -0.2) is 0 Å². The molecule has 1 aromatic rings. The summed E-state index contributed by atoms with van der Waals surface area (Å²) in [4.78, 5) is 17.8. The van der Waals surface area contributed by atoms with Crippen LogP contribution in [0.15, 0.2) is 24.5 Å². The second kappa shape index (κ2) is 6.66. The SMILES string of the molecule is CCC(=O)N1CC[C@H](NCc2cccnc2)[C@@H](C)C1. The van der Waals surface area contributed by atoms with Gasteiger partial charge in [0, 0.05) is 44.5 Å². The van der Waals surface area contributed by atoms with Crippen LogP contribution < -0.4 is 5.32 Å². The van der Waals surface area contributed by atoms with E-state index in [0.29, 0.717) is 18.4 Å². The van der Waals surface area contributed by atoms with Gasteiger partial charge in [0.15, 0.2) is 0 Å². The molecule has 1 aliphatic heterocycles. The number of carbonyl (C=O) groups is 1. The predicted octanol–water partition coefficient (Wildman–Crippen LogP) is 1.82. The van der Waals surface area contributed by atoms with E-state index in [-0.39, 0.29) is 5.91 Å². The summed E-state index contributed by atoms with van der Waals surface area (Å²) in [5, 5.41) is 3.59. The number of amides is 1. The Labute approximate surface area is 115 Å². The Bertz CT molecular complexity index is 407. The Hall–Kier alpha value is -1.42. The fourth-order valence-corrected chi connectivity index (χ4v) is 2.65. The maximum absolute atomic E-state index is 11.7. The zero-order chi connectivity index (χ0) is 13.7. The molecule has 1 saturated heterocycles. The smallest absolute Gasteiger partial charge is 0.222 e. The van der Waals surface area contributed by atoms with Gasteiger partial charge in [0.25, 0.3) is 0 Å². The van der Waals surface area contributed by atoms with Crippen LogP contribution in [-0.4, -0.2) is 34.9 Å². The average Bonchev–Trinajstić information content (AvgIpc) is 2.46. The minimum absolute atomic E-state index is 0.276. The Morgan fingerprint density at radius 1 is 1.58 bits per heavy atom. The summed E-state index contributed by atoms with van der Waals surface area (Å²) in [5.74, 6) is 0.776. The molecule has 1 aromatic heterocycles. The summed E-state index contributed by atoms with van der Waals surface area (Å²) in [6, 6.07) is 4.53. The van der Waals surface area contributed by atoms with Gasteiger partial charge in [-0.1, -0.05) is 19.9 Å². The molecule has 0 spiro atoms. The first-order valence-corrected chi connectivity index (χ1v) is 7.10. The van der Waals surface area contributed by atoms with Gasteiger partial charge in [-0.15, -0.1) is 0 Å². The topological polar surface area (TPSA) is 45.2 Å². The van der Waals surface area contributed by atoms with E-state index in [4.69, 9.17) is 0 Å². The summed E-state index contributed by atoms with van der Waals surface area (Å²) in [6.45, 7) is 6.75. The minimum Gasteiger partial charge on any atom is -0.342 e. The molecule has 1 N–H and O–H groups in total. The molecule has 2 heterocycles. The van der Waals surface area contributed by atoms with Crippen LogP contribution in [0.5, 0.6) is 0 Å². The van der Waals surface area contributed by atoms with Crippen LogP contribution in [0.3, 0.4) is 0 Å². The summed E-state index contributed by atoms with van der Waals surface area (Å²) in [5.41, 5.74) is 1.21. The standard InChI is InChI=1S/C15H23N3O/c1-3-15(19)18-8-6-14(12(2)11-18)17-10-13-5-4-7-16-9-13/h4-5,7,9,12,14,17H,3,6,8,10-11H2,1-2H3/t12-,14-/m0/s1. The van der Waals surface area contributed by atoms with E-state index in [1.54, 1.807) is 6.20 Å². The molecule has 1 aliphatic rings. The monoisotopic (exact) mass is 261 g/mol. The lowest BCUT2D eigenvalue weighted by Gasteiger charge is -2.37. The van der Waals surface area contributed by atoms with Gasteiger partial charge >= 0.3 is 0 Å². The molecule has 0 saturated carbocycles. The number of piperidine rings is 1. The zero-order valence-electron chi connectivity index (χ0n) is 11.8. The Morgan fingerprint density at radius 3 is 3.05 bits per heavy atom. The maximum Gasteiger partial charge on any atom is 0.222 e. The number of pyridine rings is 1. The molecule has 0 aliphatic carbocycles. The van der Waals surface area contributed by atoms with Gasteiger partial charge in [-0.3, -0.25) is 9.78 Å². The molecule has 0 aromatic carbocycles. The third-order valence-corrected chi connectivity index (χ3v) is 3.85. The molecule has 4 heteroatoms. The van der Waals surface area contributed by atoms with Crippen LogP contribution in [-0.2, 0) is 11.3 Å². The highest BCUT2D eigenvalue weighted by atomic mass is 16.2. The maximum atomic E-state index is 11.7. The molecule has 2 atom stereocenters. The number of hydrogen-bond donors (Lipinski definition) is 1. The largest absolute Gasteiger partial charge is 0.342 e. The van der Waals surface area contributed by atoms with Gasteiger partial charge in [0.1, 0.15) is 0 Å². The second-order valence-corrected chi connectivity index (χ2v) is 5.31. The van der Waals surface area contributed by atoms with Crippen molar-refractivity contribution in [2.45, 2.75) is 39.3 Å². The summed E-state index contributed by atoms with van der Waals surface area (Å²) in [6.07, 6.45) is 5.34. The van der Waals surface area contributed by atoms with Gasteiger partial charge in [0.2, 0.25) is 5.91 Å². The van der Waals surface area contributed by atoms with E-state index in [1.807, 2.05) is 24.1 Å². The van der Waals surface area contributed by atoms with Crippen molar-refractivity contribution in [3.05, 3.63) is 30.1 Å². The Morgan fingerprint density at radius 2 is 2.42 bits per heavy atom. The normalized spacial score (nSPS) is 23.4. The van der Waals surface area contributed by atoms with Crippen LogP contribution in [0.25, 0.3) is 0 Å². The number of carbonyl (C=O) groups excluding carboxylic acids is 1. The van der Waals surface area contributed by atoms with E-state index in [2.05, 4.69) is 23.3 Å². The van der Waals surface area contributed by atoms with Crippen molar-refractivity contribution in [2.24, 2.45) is 5.92 Å². The molecule has 104 valence electrons. The lowest BCUT2D eigenvalue weighted by Crippen LogP contribution is -2.49. The van der Waals surface area contributed by atoms with Crippen LogP contribution >= 0.6 is 0 Å². The number of nitrogens with zero attached hydrogens (tertiary/aromatic N) is 2. The van der Waals surface area contributed by atoms with Crippen LogP contribution in [0, 0.1) is 5.92 Å². The Kier molecular flexibility index (Phi) is 4.91. The zero-order valence-corrected chi connectivity index (χ0v) is 11.8. The number of aromatic nitrogens is 1. The number of nitrogens with one attached hydrogen (secondary N) is 1. The number of rotatable bonds is 4. The number of hydrogen-bond acceptors (Lipinski definition) is 3. The summed E-state index contributed by atoms with van der Waals surface area (Å²) >= 11 is 0. The van der Waals surface area contributed by atoms with Crippen LogP contribution in [0.1, 0.15) is 32.3 Å². The highest BCUT2D eigenvalue weighted by molar-refractivity contribution is 5.75. The minimum atomic E-state index is 0.276. The lowest BCUT2D eigenvalue weighted by atomic mass is 9.93. The molecular weight excluding hydrogens is 238 g/mol. The van der Waals surface area contributed by atoms with Gasteiger partial charge in [0.05, 0.1) is 0 Å². The van der Waals surface area contributed by atoms with E-state index < -0.39 is 0 Å². The first-order chi connectivity index (χ1) is 9.20. The van der Waals surface area contributed by atoms with Crippen molar-refractivity contribution in [3.63, 3.8) is 0 Å². The first kappa shape index (κ1) is 14.0. The van der Waals surface area contributed by atoms with Crippen LogP contribution in [0.4, 0.5) is 0 Å². The second-order valence-electron chi connectivity index (χ2n) is 5.31. The molecule has 1 amide bonds. The predicted molar refractivity (Wildman–Crippen MR) is 75.5 cm³/mol. The van der Waals surface area contributed by atoms with Gasteiger partial charge in [-0.2, -0.15) is 0 Å². The van der Waals surface area contributed by atoms with Crippen molar-refractivity contribution >= 4 is 5.91 Å². The quantitative estimate of drug-likeness (QED) is 0.899.